The summed E-state index contributed by atoms with van der Waals surface area (Å²) in [4.78, 5) is 2.22. The second kappa shape index (κ2) is 7.41. The smallest absolute Gasteiger partial charge is 0.165 e. The van der Waals surface area contributed by atoms with Gasteiger partial charge in [0, 0.05) is 25.2 Å². The Morgan fingerprint density at radius 3 is 2.58 bits per heavy atom. The Morgan fingerprint density at radius 1 is 1.19 bits per heavy atom. The Balaban J connectivity index is 1.64. The van der Waals surface area contributed by atoms with Crippen molar-refractivity contribution in [3.63, 3.8) is 0 Å². The molecule has 0 radical (unpaired) electrons. The van der Waals surface area contributed by atoms with Crippen LogP contribution in [0.4, 0.5) is 8.78 Å². The van der Waals surface area contributed by atoms with Crippen molar-refractivity contribution in [1.29, 1.82) is 0 Å². The van der Waals surface area contributed by atoms with Gasteiger partial charge in [0.2, 0.25) is 0 Å². The fourth-order valence-electron chi connectivity index (χ4n) is 4.09. The van der Waals surface area contributed by atoms with Gasteiger partial charge in [0.05, 0.1) is 6.10 Å². The molecule has 6 heteroatoms. The first kappa shape index (κ1) is 19.5. The van der Waals surface area contributed by atoms with Crippen LogP contribution >= 0.6 is 0 Å². The molecule has 1 saturated heterocycles. The molecule has 2 atom stereocenters. The van der Waals surface area contributed by atoms with Crippen LogP contribution in [0.3, 0.4) is 0 Å². The Bertz CT molecular complexity index is 629. The van der Waals surface area contributed by atoms with Crippen LogP contribution in [0.5, 0.6) is 5.75 Å². The van der Waals surface area contributed by atoms with E-state index in [1.807, 2.05) is 0 Å². The van der Waals surface area contributed by atoms with Crippen molar-refractivity contribution in [3.8, 4) is 5.75 Å². The number of aliphatic hydroxyl groups excluding tert-OH is 1. The van der Waals surface area contributed by atoms with Gasteiger partial charge in [-0.15, -0.1) is 0 Å². The zero-order chi connectivity index (χ0) is 18.9. The van der Waals surface area contributed by atoms with Gasteiger partial charge in [0.1, 0.15) is 18.0 Å². The third-order valence-electron chi connectivity index (χ3n) is 5.98. The van der Waals surface area contributed by atoms with Crippen molar-refractivity contribution in [3.05, 3.63) is 29.8 Å². The zero-order valence-corrected chi connectivity index (χ0v) is 15.5. The highest BCUT2D eigenvalue weighted by molar-refractivity contribution is 5.25. The number of hydrogen-bond acceptors (Lipinski definition) is 4. The normalized spacial score (nSPS) is 30.3. The van der Waals surface area contributed by atoms with Crippen molar-refractivity contribution in [1.82, 2.24) is 4.90 Å². The monoisotopic (exact) mass is 369 g/mol. The highest BCUT2D eigenvalue weighted by Gasteiger charge is 2.44. The Morgan fingerprint density at radius 2 is 1.88 bits per heavy atom. The van der Waals surface area contributed by atoms with Crippen LogP contribution in [-0.4, -0.2) is 52.6 Å². The first-order valence-electron chi connectivity index (χ1n) is 9.41. The third-order valence-corrected chi connectivity index (χ3v) is 5.98. The fourth-order valence-corrected chi connectivity index (χ4v) is 4.09. The average Bonchev–Trinajstić information content (AvgIpc) is 2.58. The van der Waals surface area contributed by atoms with E-state index in [2.05, 4.69) is 18.7 Å². The molecule has 2 N–H and O–H groups in total. The lowest BCUT2D eigenvalue weighted by Gasteiger charge is -2.47. The van der Waals surface area contributed by atoms with Crippen LogP contribution in [-0.2, 0) is 0 Å². The molecule has 4 nitrogen and oxygen atoms in total. The van der Waals surface area contributed by atoms with E-state index < -0.39 is 23.3 Å². The molecule has 2 aliphatic rings. The molecule has 1 aromatic rings. The van der Waals surface area contributed by atoms with E-state index in [0.29, 0.717) is 17.9 Å². The first-order valence-corrected chi connectivity index (χ1v) is 9.41. The topological polar surface area (TPSA) is 52.9 Å². The van der Waals surface area contributed by atoms with E-state index >= 15 is 0 Å². The van der Waals surface area contributed by atoms with Gasteiger partial charge < -0.3 is 14.9 Å². The molecule has 0 bridgehead atoms. The second-order valence-electron chi connectivity index (χ2n) is 8.64. The Labute approximate surface area is 153 Å². The Hall–Kier alpha value is -1.24. The minimum Gasteiger partial charge on any atom is -0.487 e. The number of aliphatic hydroxyl groups is 2. The molecule has 0 amide bonds. The van der Waals surface area contributed by atoms with Crippen molar-refractivity contribution in [2.24, 2.45) is 5.41 Å². The molecular formula is C20H29F2NO3. The van der Waals surface area contributed by atoms with E-state index in [0.717, 1.165) is 50.4 Å². The number of nitrogens with zero attached hydrogens (tertiary/aromatic N) is 1. The highest BCUT2D eigenvalue weighted by Crippen LogP contribution is 2.38. The van der Waals surface area contributed by atoms with E-state index in [1.54, 1.807) is 0 Å². The fraction of sp³-hybridized carbons (Fsp3) is 0.700. The van der Waals surface area contributed by atoms with Crippen LogP contribution in [0.2, 0.25) is 0 Å². The van der Waals surface area contributed by atoms with Gasteiger partial charge in [-0.05, 0) is 49.7 Å². The Kier molecular flexibility index (Phi) is 5.56. The van der Waals surface area contributed by atoms with Gasteiger partial charge in [-0.3, -0.25) is 4.90 Å². The summed E-state index contributed by atoms with van der Waals surface area (Å²) in [6, 6.07) is 3.34. The third kappa shape index (κ3) is 4.35. The van der Waals surface area contributed by atoms with Crippen molar-refractivity contribution >= 4 is 0 Å². The number of halogens is 2. The van der Waals surface area contributed by atoms with Gasteiger partial charge >= 0.3 is 0 Å². The summed E-state index contributed by atoms with van der Waals surface area (Å²) in [7, 11) is 0. The lowest BCUT2D eigenvalue weighted by atomic mass is 9.74. The SMILES string of the molecule is CC1(C)CCC(N2CC[C@H](O)[C@@](O)(COc3cc(F)ccc3F)C2)CC1. The lowest BCUT2D eigenvalue weighted by Crippen LogP contribution is -2.62. The van der Waals surface area contributed by atoms with Gasteiger partial charge in [0.15, 0.2) is 11.6 Å². The number of piperidine rings is 1. The van der Waals surface area contributed by atoms with E-state index in [-0.39, 0.29) is 18.9 Å². The standard InChI is InChI=1S/C20H29F2NO3/c1-19(2)8-5-15(6-9-19)23-10-7-18(24)20(25,12-23)13-26-17-11-14(21)3-4-16(17)22/h3-4,11,15,18,24-25H,5-10,12-13H2,1-2H3/t18-,20-/m0/s1. The zero-order valence-electron chi connectivity index (χ0n) is 15.5. The maximum absolute atomic E-state index is 13.7. The maximum atomic E-state index is 13.7. The van der Waals surface area contributed by atoms with Crippen LogP contribution < -0.4 is 4.74 Å². The molecule has 1 aromatic carbocycles. The van der Waals surface area contributed by atoms with Crippen molar-refractivity contribution in [2.75, 3.05) is 19.7 Å². The molecule has 146 valence electrons. The van der Waals surface area contributed by atoms with E-state index in [4.69, 9.17) is 4.74 Å². The van der Waals surface area contributed by atoms with Crippen LogP contribution in [0.1, 0.15) is 46.0 Å². The maximum Gasteiger partial charge on any atom is 0.165 e. The summed E-state index contributed by atoms with van der Waals surface area (Å²) >= 11 is 0. The van der Waals surface area contributed by atoms with Gasteiger partial charge in [-0.2, -0.15) is 0 Å². The summed E-state index contributed by atoms with van der Waals surface area (Å²) in [6.45, 7) is 5.28. The molecular weight excluding hydrogens is 340 g/mol. The summed E-state index contributed by atoms with van der Waals surface area (Å²) < 4.78 is 32.4. The molecule has 26 heavy (non-hydrogen) atoms. The molecule has 3 rings (SSSR count). The van der Waals surface area contributed by atoms with Gasteiger partial charge in [-0.1, -0.05) is 13.8 Å². The molecule has 0 spiro atoms. The van der Waals surface area contributed by atoms with Gasteiger partial charge in [0.25, 0.3) is 0 Å². The molecule has 1 aliphatic carbocycles. The van der Waals surface area contributed by atoms with E-state index in [9.17, 15) is 19.0 Å². The number of benzene rings is 1. The second-order valence-corrected chi connectivity index (χ2v) is 8.64. The molecule has 1 heterocycles. The predicted molar refractivity (Wildman–Crippen MR) is 95.0 cm³/mol. The molecule has 2 fully saturated rings. The summed E-state index contributed by atoms with van der Waals surface area (Å²) in [5, 5.41) is 21.2. The molecule has 0 unspecified atom stereocenters. The summed E-state index contributed by atoms with van der Waals surface area (Å²) in [5.41, 5.74) is -1.13. The number of hydrogen-bond donors (Lipinski definition) is 2. The molecule has 1 aliphatic heterocycles. The van der Waals surface area contributed by atoms with Crippen molar-refractivity contribution in [2.45, 2.75) is 63.7 Å². The van der Waals surface area contributed by atoms with E-state index in [1.165, 1.54) is 0 Å². The minimum atomic E-state index is -1.50. The number of likely N-dealkylation sites (tertiary alicyclic amines) is 1. The minimum absolute atomic E-state index is 0.248. The van der Waals surface area contributed by atoms with Crippen molar-refractivity contribution < 1.29 is 23.7 Å². The average molecular weight is 369 g/mol. The van der Waals surface area contributed by atoms with Gasteiger partial charge in [-0.25, -0.2) is 8.78 Å². The number of β-amino-alcohol motifs (C(OH)–C–C–N with tert-alkyl or cyclic N) is 1. The lowest BCUT2D eigenvalue weighted by molar-refractivity contribution is -0.148. The number of ether oxygens (including phenoxy) is 1. The highest BCUT2D eigenvalue weighted by atomic mass is 19.1. The van der Waals surface area contributed by atoms with Crippen LogP contribution in [0.25, 0.3) is 0 Å². The summed E-state index contributed by atoms with van der Waals surface area (Å²) in [6.07, 6.45) is 3.90. The molecule has 1 saturated carbocycles. The number of rotatable bonds is 4. The predicted octanol–water partition coefficient (Wildman–Crippen LogP) is 3.11. The van der Waals surface area contributed by atoms with Crippen LogP contribution in [0.15, 0.2) is 18.2 Å². The summed E-state index contributed by atoms with van der Waals surface area (Å²) in [5.74, 6) is -1.54. The molecule has 0 aromatic heterocycles. The quantitative estimate of drug-likeness (QED) is 0.856. The van der Waals surface area contributed by atoms with Crippen LogP contribution in [0, 0.1) is 17.0 Å². The first-order chi connectivity index (χ1) is 12.2. The largest absolute Gasteiger partial charge is 0.487 e.